The van der Waals surface area contributed by atoms with Crippen LogP contribution in [0.1, 0.15) is 24.0 Å². The normalized spacial score (nSPS) is 16.6. The number of nitrogens with zero attached hydrogens (tertiary/aromatic N) is 1. The molecule has 19 heavy (non-hydrogen) atoms. The van der Waals surface area contributed by atoms with Crippen LogP contribution in [0.15, 0.2) is 30.1 Å². The first-order valence-corrected chi connectivity index (χ1v) is 6.46. The van der Waals surface area contributed by atoms with Gasteiger partial charge in [-0.25, -0.2) is 4.79 Å². The number of likely N-dealkylation sites (tertiary alicyclic amines) is 1. The second-order valence-corrected chi connectivity index (χ2v) is 4.71. The van der Waals surface area contributed by atoms with Gasteiger partial charge in [0.2, 0.25) is 5.83 Å². The molecule has 3 nitrogen and oxygen atoms in total. The number of methoxy groups -OCH3 is 1. The fourth-order valence-corrected chi connectivity index (χ4v) is 2.22. The van der Waals surface area contributed by atoms with Crippen molar-refractivity contribution in [3.05, 3.63) is 41.2 Å². The topological polar surface area (TPSA) is 29.5 Å². The van der Waals surface area contributed by atoms with E-state index in [4.69, 9.17) is 0 Å². The van der Waals surface area contributed by atoms with Crippen molar-refractivity contribution in [1.82, 2.24) is 4.90 Å². The second-order valence-electron chi connectivity index (χ2n) is 4.71. The van der Waals surface area contributed by atoms with Gasteiger partial charge in [-0.1, -0.05) is 24.3 Å². The van der Waals surface area contributed by atoms with E-state index in [2.05, 4.69) is 9.64 Å². The standard InChI is InChI=1S/C15H18FNO2/c1-19-15(18)14(16)10-12-4-6-13(7-5-12)11-17-8-2-3-9-17/h4-7,10H,2-3,8-9,11H2,1H3/b14-10-. The highest BCUT2D eigenvalue weighted by Gasteiger charge is 2.11. The fraction of sp³-hybridized carbons (Fsp3) is 0.400. The maximum Gasteiger partial charge on any atom is 0.366 e. The van der Waals surface area contributed by atoms with Gasteiger partial charge < -0.3 is 4.74 Å². The highest BCUT2D eigenvalue weighted by atomic mass is 19.1. The molecule has 4 heteroatoms. The molecule has 0 bridgehead atoms. The number of hydrogen-bond acceptors (Lipinski definition) is 3. The largest absolute Gasteiger partial charge is 0.464 e. The average Bonchev–Trinajstić information content (AvgIpc) is 2.93. The summed E-state index contributed by atoms with van der Waals surface area (Å²) in [6, 6.07) is 7.56. The Hall–Kier alpha value is -1.68. The summed E-state index contributed by atoms with van der Waals surface area (Å²) in [4.78, 5) is 13.3. The van der Waals surface area contributed by atoms with Gasteiger partial charge in [0.25, 0.3) is 0 Å². The number of carbonyl (C=O) groups is 1. The van der Waals surface area contributed by atoms with E-state index in [1.807, 2.05) is 24.3 Å². The molecule has 1 fully saturated rings. The molecule has 1 aliphatic rings. The molecule has 1 aromatic carbocycles. The number of carbonyl (C=O) groups excluding carboxylic acids is 1. The minimum Gasteiger partial charge on any atom is -0.464 e. The van der Waals surface area contributed by atoms with Crippen molar-refractivity contribution in [2.45, 2.75) is 19.4 Å². The molecule has 1 heterocycles. The average molecular weight is 263 g/mol. The van der Waals surface area contributed by atoms with Crippen LogP contribution in [0, 0.1) is 0 Å². The number of rotatable bonds is 4. The maximum atomic E-state index is 13.3. The number of halogens is 1. The summed E-state index contributed by atoms with van der Waals surface area (Å²) in [7, 11) is 1.16. The zero-order chi connectivity index (χ0) is 13.7. The lowest BCUT2D eigenvalue weighted by Gasteiger charge is -2.14. The Labute approximate surface area is 112 Å². The molecule has 1 saturated heterocycles. The van der Waals surface area contributed by atoms with E-state index < -0.39 is 11.8 Å². The molecular weight excluding hydrogens is 245 g/mol. The fourth-order valence-electron chi connectivity index (χ4n) is 2.22. The van der Waals surface area contributed by atoms with Crippen LogP contribution in [-0.2, 0) is 16.1 Å². The zero-order valence-electron chi connectivity index (χ0n) is 11.1. The molecule has 0 radical (unpaired) electrons. The van der Waals surface area contributed by atoms with Crippen LogP contribution in [0.5, 0.6) is 0 Å². The van der Waals surface area contributed by atoms with Crippen LogP contribution >= 0.6 is 0 Å². The van der Waals surface area contributed by atoms with Crippen LogP contribution in [0.2, 0.25) is 0 Å². The molecule has 1 aromatic rings. The quantitative estimate of drug-likeness (QED) is 0.618. The Morgan fingerprint density at radius 1 is 1.32 bits per heavy atom. The molecule has 0 atom stereocenters. The number of esters is 1. The second kappa shape index (κ2) is 6.48. The van der Waals surface area contributed by atoms with Gasteiger partial charge in [-0.3, -0.25) is 4.90 Å². The molecule has 0 aromatic heterocycles. The Morgan fingerprint density at radius 3 is 2.53 bits per heavy atom. The van der Waals surface area contributed by atoms with E-state index in [-0.39, 0.29) is 0 Å². The predicted molar refractivity (Wildman–Crippen MR) is 72.1 cm³/mol. The Kier molecular flexibility index (Phi) is 4.68. The lowest BCUT2D eigenvalue weighted by Crippen LogP contribution is -2.18. The van der Waals surface area contributed by atoms with Crippen LogP contribution in [-0.4, -0.2) is 31.1 Å². The maximum absolute atomic E-state index is 13.3. The van der Waals surface area contributed by atoms with Gasteiger partial charge in [-0.2, -0.15) is 4.39 Å². The first kappa shape index (κ1) is 13.7. The Morgan fingerprint density at radius 2 is 1.95 bits per heavy atom. The summed E-state index contributed by atoms with van der Waals surface area (Å²) in [6.45, 7) is 3.24. The Balaban J connectivity index is 1.99. The SMILES string of the molecule is COC(=O)/C(F)=C/c1ccc(CN2CCCC2)cc1. The van der Waals surface area contributed by atoms with Crippen LogP contribution in [0.4, 0.5) is 4.39 Å². The zero-order valence-corrected chi connectivity index (χ0v) is 11.1. The summed E-state index contributed by atoms with van der Waals surface area (Å²) in [5.41, 5.74) is 1.87. The van der Waals surface area contributed by atoms with Crippen molar-refractivity contribution < 1.29 is 13.9 Å². The molecular formula is C15H18FNO2. The van der Waals surface area contributed by atoms with Crippen molar-refractivity contribution >= 4 is 12.0 Å². The van der Waals surface area contributed by atoms with Gasteiger partial charge >= 0.3 is 5.97 Å². The summed E-state index contributed by atoms with van der Waals surface area (Å²) in [6.07, 6.45) is 3.72. The monoisotopic (exact) mass is 263 g/mol. The molecule has 2 rings (SSSR count). The van der Waals surface area contributed by atoms with Gasteiger partial charge in [-0.05, 0) is 43.1 Å². The van der Waals surface area contributed by atoms with Crippen LogP contribution < -0.4 is 0 Å². The van der Waals surface area contributed by atoms with Crippen molar-refractivity contribution in [2.24, 2.45) is 0 Å². The minimum absolute atomic E-state index is 0.660. The van der Waals surface area contributed by atoms with Crippen molar-refractivity contribution in [3.8, 4) is 0 Å². The van der Waals surface area contributed by atoms with Gasteiger partial charge in [0.05, 0.1) is 7.11 Å². The minimum atomic E-state index is -0.943. The van der Waals surface area contributed by atoms with Crippen molar-refractivity contribution in [3.63, 3.8) is 0 Å². The summed E-state index contributed by atoms with van der Waals surface area (Å²) < 4.78 is 17.6. The molecule has 0 N–H and O–H groups in total. The van der Waals surface area contributed by atoms with Gasteiger partial charge in [0, 0.05) is 6.54 Å². The predicted octanol–water partition coefficient (Wildman–Crippen LogP) is 2.77. The highest BCUT2D eigenvalue weighted by Crippen LogP contribution is 2.15. The highest BCUT2D eigenvalue weighted by molar-refractivity contribution is 5.91. The van der Waals surface area contributed by atoms with E-state index in [0.29, 0.717) is 5.56 Å². The third-order valence-electron chi connectivity index (χ3n) is 3.26. The van der Waals surface area contributed by atoms with E-state index in [9.17, 15) is 9.18 Å². The van der Waals surface area contributed by atoms with E-state index in [1.165, 1.54) is 24.5 Å². The van der Waals surface area contributed by atoms with Gasteiger partial charge in [0.15, 0.2) is 0 Å². The van der Waals surface area contributed by atoms with Crippen LogP contribution in [0.25, 0.3) is 6.08 Å². The summed E-state index contributed by atoms with van der Waals surface area (Å²) in [5, 5.41) is 0. The molecule has 0 unspecified atom stereocenters. The Bertz CT molecular complexity index is 462. The first-order chi connectivity index (χ1) is 9.19. The van der Waals surface area contributed by atoms with Gasteiger partial charge in [0.1, 0.15) is 0 Å². The van der Waals surface area contributed by atoms with Crippen LogP contribution in [0.3, 0.4) is 0 Å². The summed E-state index contributed by atoms with van der Waals surface area (Å²) >= 11 is 0. The third-order valence-corrected chi connectivity index (χ3v) is 3.26. The molecule has 0 aliphatic carbocycles. The number of ether oxygens (including phenoxy) is 1. The van der Waals surface area contributed by atoms with E-state index >= 15 is 0 Å². The molecule has 0 spiro atoms. The molecule has 0 amide bonds. The summed E-state index contributed by atoms with van der Waals surface area (Å²) in [5.74, 6) is -1.82. The molecule has 102 valence electrons. The van der Waals surface area contributed by atoms with Crippen molar-refractivity contribution in [2.75, 3.05) is 20.2 Å². The van der Waals surface area contributed by atoms with E-state index in [0.717, 1.165) is 26.7 Å². The molecule has 1 aliphatic heterocycles. The lowest BCUT2D eigenvalue weighted by molar-refractivity contribution is -0.137. The number of benzene rings is 1. The smallest absolute Gasteiger partial charge is 0.366 e. The lowest BCUT2D eigenvalue weighted by atomic mass is 10.1. The number of hydrogen-bond donors (Lipinski definition) is 0. The van der Waals surface area contributed by atoms with E-state index in [1.54, 1.807) is 0 Å². The molecule has 0 saturated carbocycles. The third kappa shape index (κ3) is 3.89. The van der Waals surface area contributed by atoms with Crippen molar-refractivity contribution in [1.29, 1.82) is 0 Å². The van der Waals surface area contributed by atoms with Gasteiger partial charge in [-0.15, -0.1) is 0 Å². The first-order valence-electron chi connectivity index (χ1n) is 6.46.